The van der Waals surface area contributed by atoms with Gasteiger partial charge >= 0.3 is 0 Å². The molecule has 1 unspecified atom stereocenters. The van der Waals surface area contributed by atoms with Gasteiger partial charge in [0.05, 0.1) is 18.4 Å². The first kappa shape index (κ1) is 23.2. The Morgan fingerprint density at radius 1 is 1.33 bits per heavy atom. The Kier molecular flexibility index (Phi) is 6.89. The normalized spacial score (nSPS) is 14.2. The first-order chi connectivity index (χ1) is 15.8. The molecule has 0 radical (unpaired) electrons. The third-order valence-corrected chi connectivity index (χ3v) is 4.85. The van der Waals surface area contributed by atoms with Gasteiger partial charge in [0.25, 0.3) is 0 Å². The smallest absolute Gasteiger partial charge is 0.211 e. The highest BCUT2D eigenvalue weighted by Crippen LogP contribution is 2.44. The number of guanidine groups is 1. The van der Waals surface area contributed by atoms with Crippen LogP contribution in [-0.4, -0.2) is 23.7 Å². The van der Waals surface area contributed by atoms with Crippen LogP contribution in [0.3, 0.4) is 0 Å². The summed E-state index contributed by atoms with van der Waals surface area (Å²) in [6.07, 6.45) is 4.08. The highest BCUT2D eigenvalue weighted by Gasteiger charge is 2.31. The highest BCUT2D eigenvalue weighted by molar-refractivity contribution is 5.98. The monoisotopic (exact) mass is 446 g/mol. The van der Waals surface area contributed by atoms with Crippen LogP contribution in [0, 0.1) is 22.8 Å². The van der Waals surface area contributed by atoms with Crippen molar-refractivity contribution in [2.45, 2.75) is 39.3 Å². The molecule has 1 atom stereocenters. The number of hydrogen-bond acceptors (Lipinski definition) is 10. The van der Waals surface area contributed by atoms with E-state index in [2.05, 4.69) is 27.2 Å². The molecule has 2 aromatic rings. The van der Waals surface area contributed by atoms with E-state index in [4.69, 9.17) is 26.2 Å². The highest BCUT2D eigenvalue weighted by atomic mass is 16.5. The molecule has 170 valence electrons. The zero-order valence-corrected chi connectivity index (χ0v) is 18.8. The molecule has 1 aromatic carbocycles. The van der Waals surface area contributed by atoms with Crippen molar-refractivity contribution in [1.82, 2.24) is 10.3 Å². The van der Waals surface area contributed by atoms with Gasteiger partial charge in [-0.05, 0) is 44.9 Å². The lowest BCUT2D eigenvalue weighted by Crippen LogP contribution is -2.32. The number of ether oxygens (including phenoxy) is 2. The van der Waals surface area contributed by atoms with Crippen LogP contribution in [0.15, 0.2) is 29.8 Å². The molecule has 1 aromatic heterocycles. The van der Waals surface area contributed by atoms with Crippen molar-refractivity contribution in [3.8, 4) is 23.8 Å². The fourth-order valence-electron chi connectivity index (χ4n) is 3.60. The number of nitrogens with two attached hydrogens (primary N) is 2. The van der Waals surface area contributed by atoms with Crippen LogP contribution in [0.4, 0.5) is 17.3 Å². The predicted octanol–water partition coefficient (Wildman–Crippen LogP) is 2.97. The number of allylic oxidation sites excluding steroid dienone is 1. The summed E-state index contributed by atoms with van der Waals surface area (Å²) >= 11 is 0. The van der Waals surface area contributed by atoms with E-state index in [9.17, 15) is 5.26 Å². The molecule has 6 N–H and O–H groups in total. The Morgan fingerprint density at radius 2 is 2.09 bits per heavy atom. The van der Waals surface area contributed by atoms with Gasteiger partial charge in [0.2, 0.25) is 5.96 Å². The lowest BCUT2D eigenvalue weighted by Gasteiger charge is -2.27. The van der Waals surface area contributed by atoms with E-state index in [1.54, 1.807) is 6.08 Å². The van der Waals surface area contributed by atoms with Gasteiger partial charge in [-0.3, -0.25) is 5.32 Å². The van der Waals surface area contributed by atoms with Gasteiger partial charge in [-0.25, -0.2) is 9.98 Å². The second kappa shape index (κ2) is 9.79. The number of nitrogens with one attached hydrogen (secondary N) is 2. The van der Waals surface area contributed by atoms with Crippen LogP contribution in [0.5, 0.6) is 11.5 Å². The third-order valence-electron chi connectivity index (χ3n) is 4.85. The Balaban J connectivity index is 2.29. The largest absolute Gasteiger partial charge is 0.490 e. The fraction of sp³-hybridized carbons (Fsp3) is 0.304. The summed E-state index contributed by atoms with van der Waals surface area (Å²) < 4.78 is 12.0. The fourth-order valence-corrected chi connectivity index (χ4v) is 3.60. The molecule has 3 rings (SSSR count). The summed E-state index contributed by atoms with van der Waals surface area (Å²) in [6, 6.07) is 5.06. The van der Waals surface area contributed by atoms with Gasteiger partial charge in [-0.15, -0.1) is 6.58 Å². The summed E-state index contributed by atoms with van der Waals surface area (Å²) in [4.78, 5) is 8.91. The molecule has 0 aliphatic carbocycles. The van der Waals surface area contributed by atoms with Crippen molar-refractivity contribution in [3.05, 3.63) is 47.0 Å². The molecule has 0 bridgehead atoms. The number of nitriles is 2. The molecule has 0 saturated carbocycles. The number of nitrogens with zero attached hydrogens (tertiary/aromatic N) is 4. The number of nitrogen functional groups attached to an aromatic ring is 2. The second-order valence-corrected chi connectivity index (χ2v) is 7.50. The number of rotatable bonds is 7. The second-order valence-electron chi connectivity index (χ2n) is 7.50. The first-order valence-corrected chi connectivity index (χ1v) is 10.4. The van der Waals surface area contributed by atoms with E-state index in [0.29, 0.717) is 41.5 Å². The summed E-state index contributed by atoms with van der Waals surface area (Å²) in [5, 5.41) is 24.1. The van der Waals surface area contributed by atoms with Crippen LogP contribution in [0.25, 0.3) is 0 Å². The zero-order chi connectivity index (χ0) is 24.1. The molecule has 33 heavy (non-hydrogen) atoms. The van der Waals surface area contributed by atoms with Crippen LogP contribution < -0.4 is 31.6 Å². The van der Waals surface area contributed by atoms with Crippen molar-refractivity contribution in [3.63, 3.8) is 0 Å². The molecular weight excluding hydrogens is 420 g/mol. The summed E-state index contributed by atoms with van der Waals surface area (Å²) in [6.45, 7) is 10.0. The molecule has 10 nitrogen and oxygen atoms in total. The molecule has 1 aliphatic heterocycles. The Bertz CT molecular complexity index is 1190. The maximum absolute atomic E-state index is 9.53. The molecular formula is C23H26N8O2. The van der Waals surface area contributed by atoms with Crippen molar-refractivity contribution in [2.24, 2.45) is 4.99 Å². The van der Waals surface area contributed by atoms with Crippen LogP contribution in [-0.2, 0) is 6.42 Å². The minimum atomic E-state index is -0.687. The van der Waals surface area contributed by atoms with Gasteiger partial charge < -0.3 is 26.3 Å². The Labute approximate surface area is 192 Å². The maximum atomic E-state index is 9.53. The average Bonchev–Trinajstić information content (AvgIpc) is 2.75. The van der Waals surface area contributed by atoms with Crippen molar-refractivity contribution in [2.75, 3.05) is 23.4 Å². The number of aromatic nitrogens is 1. The molecule has 10 heteroatoms. The lowest BCUT2D eigenvalue weighted by atomic mass is 9.93. The van der Waals surface area contributed by atoms with E-state index < -0.39 is 6.04 Å². The third kappa shape index (κ3) is 4.60. The molecule has 0 saturated heterocycles. The molecule has 0 spiro atoms. The molecule has 1 aliphatic rings. The Hall–Kier alpha value is -4.44. The minimum Gasteiger partial charge on any atom is -0.490 e. The van der Waals surface area contributed by atoms with Crippen molar-refractivity contribution < 1.29 is 9.47 Å². The van der Waals surface area contributed by atoms with Gasteiger partial charge in [0.15, 0.2) is 17.7 Å². The van der Waals surface area contributed by atoms with E-state index in [0.717, 1.165) is 5.56 Å². The van der Waals surface area contributed by atoms with Gasteiger partial charge in [0, 0.05) is 11.1 Å². The van der Waals surface area contributed by atoms with E-state index >= 15 is 0 Å². The topological polar surface area (TPSA) is 167 Å². The minimum absolute atomic E-state index is 0.0127. The lowest BCUT2D eigenvalue weighted by molar-refractivity contribution is 0.221. The Morgan fingerprint density at radius 3 is 2.70 bits per heavy atom. The average molecular weight is 447 g/mol. The summed E-state index contributed by atoms with van der Waals surface area (Å²) in [7, 11) is 0. The van der Waals surface area contributed by atoms with Crippen LogP contribution >= 0.6 is 0 Å². The van der Waals surface area contributed by atoms with Gasteiger partial charge in [-0.2, -0.15) is 10.5 Å². The number of pyridine rings is 1. The van der Waals surface area contributed by atoms with E-state index in [1.807, 2.05) is 45.2 Å². The van der Waals surface area contributed by atoms with Crippen LogP contribution in [0.1, 0.15) is 49.1 Å². The molecule has 0 amide bonds. The quantitative estimate of drug-likeness (QED) is 0.284. The number of fused-ring (bicyclic) bond motifs is 1. The maximum Gasteiger partial charge on any atom is 0.211 e. The number of benzene rings is 1. The molecule has 2 heterocycles. The van der Waals surface area contributed by atoms with E-state index in [-0.39, 0.29) is 29.1 Å². The zero-order valence-electron chi connectivity index (χ0n) is 18.8. The SMILES string of the molecule is C=CCc1cc(C2N=C(NC#N)Nc3nc(N)c(C#N)c(N)c32)cc(OCC)c1OC(C)C. The van der Waals surface area contributed by atoms with Gasteiger partial charge in [-0.1, -0.05) is 6.08 Å². The predicted molar refractivity (Wildman–Crippen MR) is 127 cm³/mol. The first-order valence-electron chi connectivity index (χ1n) is 10.4. The standard InChI is InChI=1S/C23H26N8O2/c1-5-7-13-8-14(9-16(32-6-2)20(13)33-12(3)4)19-17-18(26)15(10-24)21(27)30-22(17)31-23(29-19)28-11-25/h5,8-9,12,19H,1,6-7H2,2-4H3,(H6,26,27,28,29,30,31). The number of aliphatic imine (C=N–C) groups is 1. The summed E-state index contributed by atoms with van der Waals surface area (Å²) in [5.41, 5.74) is 14.6. The van der Waals surface area contributed by atoms with E-state index in [1.165, 1.54) is 0 Å². The van der Waals surface area contributed by atoms with Crippen molar-refractivity contribution in [1.29, 1.82) is 10.5 Å². The van der Waals surface area contributed by atoms with Crippen molar-refractivity contribution >= 4 is 23.3 Å². The number of anilines is 3. The van der Waals surface area contributed by atoms with Gasteiger partial charge in [0.1, 0.15) is 29.3 Å². The summed E-state index contributed by atoms with van der Waals surface area (Å²) in [5.74, 6) is 1.66. The molecule has 0 fully saturated rings. The number of hydrogen-bond donors (Lipinski definition) is 4. The van der Waals surface area contributed by atoms with Crippen LogP contribution in [0.2, 0.25) is 0 Å².